The van der Waals surface area contributed by atoms with Crippen molar-refractivity contribution in [3.05, 3.63) is 59.1 Å². The summed E-state index contributed by atoms with van der Waals surface area (Å²) in [6.45, 7) is 0.543. The third-order valence-electron chi connectivity index (χ3n) is 2.76. The van der Waals surface area contributed by atoms with Gasteiger partial charge in [-0.1, -0.05) is 23.7 Å². The monoisotopic (exact) mass is 289 g/mol. The lowest BCUT2D eigenvalue weighted by atomic mass is 10.1. The van der Waals surface area contributed by atoms with E-state index in [9.17, 15) is 4.79 Å². The highest BCUT2D eigenvalue weighted by Crippen LogP contribution is 2.11. The van der Waals surface area contributed by atoms with E-state index >= 15 is 0 Å². The van der Waals surface area contributed by atoms with Crippen LogP contribution in [-0.4, -0.2) is 12.6 Å². The molecule has 0 atom stereocenters. The topological polar surface area (TPSA) is 67.1 Å². The maximum atomic E-state index is 11.7. The van der Waals surface area contributed by atoms with E-state index in [1.54, 1.807) is 24.3 Å². The Balaban J connectivity index is 1.76. The van der Waals surface area contributed by atoms with Crippen LogP contribution in [0.25, 0.3) is 0 Å². The molecule has 20 heavy (non-hydrogen) atoms. The molecule has 5 heteroatoms. The van der Waals surface area contributed by atoms with Gasteiger partial charge in [-0.3, -0.25) is 0 Å². The van der Waals surface area contributed by atoms with Gasteiger partial charge in [-0.2, -0.15) is 0 Å². The van der Waals surface area contributed by atoms with Gasteiger partial charge < -0.3 is 16.4 Å². The first kappa shape index (κ1) is 14.2. The Labute approximate surface area is 122 Å². The molecule has 0 spiro atoms. The molecule has 0 heterocycles. The van der Waals surface area contributed by atoms with Gasteiger partial charge in [-0.15, -0.1) is 0 Å². The third kappa shape index (κ3) is 4.48. The Morgan fingerprint density at radius 3 is 2.60 bits per heavy atom. The number of carbonyl (C=O) groups excluding carboxylic acids is 1. The molecule has 0 aliphatic rings. The second kappa shape index (κ2) is 6.82. The molecule has 0 radical (unpaired) electrons. The molecule has 4 nitrogen and oxygen atoms in total. The molecule has 0 aliphatic heterocycles. The largest absolute Gasteiger partial charge is 0.399 e. The number of urea groups is 1. The number of halogens is 1. The van der Waals surface area contributed by atoms with Gasteiger partial charge in [-0.25, -0.2) is 4.79 Å². The standard InChI is InChI=1S/C15H16ClN3O/c16-12-3-1-2-11(10-12)8-9-18-15(20)19-14-6-4-13(17)5-7-14/h1-7,10H,8-9,17H2,(H2,18,19,20). The van der Waals surface area contributed by atoms with E-state index in [1.165, 1.54) is 0 Å². The average Bonchev–Trinajstić information content (AvgIpc) is 2.41. The highest BCUT2D eigenvalue weighted by atomic mass is 35.5. The first-order valence-corrected chi connectivity index (χ1v) is 6.66. The van der Waals surface area contributed by atoms with Crippen LogP contribution in [0.4, 0.5) is 16.2 Å². The summed E-state index contributed by atoms with van der Waals surface area (Å²) < 4.78 is 0. The predicted octanol–water partition coefficient (Wildman–Crippen LogP) is 3.29. The number of carbonyl (C=O) groups is 1. The van der Waals surface area contributed by atoms with Gasteiger partial charge in [-0.05, 0) is 48.4 Å². The van der Waals surface area contributed by atoms with Crippen molar-refractivity contribution in [2.45, 2.75) is 6.42 Å². The Morgan fingerprint density at radius 2 is 1.90 bits per heavy atom. The molecule has 0 saturated heterocycles. The lowest BCUT2D eigenvalue weighted by Gasteiger charge is -2.08. The van der Waals surface area contributed by atoms with Crippen molar-refractivity contribution in [2.24, 2.45) is 0 Å². The van der Waals surface area contributed by atoms with E-state index in [1.807, 2.05) is 24.3 Å². The van der Waals surface area contributed by atoms with Crippen molar-refractivity contribution < 1.29 is 4.79 Å². The molecule has 0 unspecified atom stereocenters. The van der Waals surface area contributed by atoms with Gasteiger partial charge in [0.2, 0.25) is 0 Å². The minimum Gasteiger partial charge on any atom is -0.399 e. The van der Waals surface area contributed by atoms with Crippen LogP contribution < -0.4 is 16.4 Å². The number of benzene rings is 2. The summed E-state index contributed by atoms with van der Waals surface area (Å²) in [5.41, 5.74) is 8.04. The number of anilines is 2. The summed E-state index contributed by atoms with van der Waals surface area (Å²) in [5, 5.41) is 6.23. The molecule has 104 valence electrons. The zero-order valence-electron chi connectivity index (χ0n) is 10.9. The average molecular weight is 290 g/mol. The van der Waals surface area contributed by atoms with Crippen molar-refractivity contribution in [3.8, 4) is 0 Å². The maximum absolute atomic E-state index is 11.7. The lowest BCUT2D eigenvalue weighted by molar-refractivity contribution is 0.252. The molecule has 0 bridgehead atoms. The van der Waals surface area contributed by atoms with Crippen molar-refractivity contribution in [3.63, 3.8) is 0 Å². The fraction of sp³-hybridized carbons (Fsp3) is 0.133. The van der Waals surface area contributed by atoms with Crippen LogP contribution in [0.15, 0.2) is 48.5 Å². The van der Waals surface area contributed by atoms with Crippen molar-refractivity contribution in [1.29, 1.82) is 0 Å². The third-order valence-corrected chi connectivity index (χ3v) is 2.99. The number of nitrogens with one attached hydrogen (secondary N) is 2. The number of hydrogen-bond acceptors (Lipinski definition) is 2. The summed E-state index contributed by atoms with van der Waals surface area (Å²) in [5.74, 6) is 0. The summed E-state index contributed by atoms with van der Waals surface area (Å²) in [6.07, 6.45) is 0.732. The molecule has 2 rings (SSSR count). The number of hydrogen-bond donors (Lipinski definition) is 3. The Kier molecular flexibility index (Phi) is 4.85. The van der Waals surface area contributed by atoms with Crippen LogP contribution >= 0.6 is 11.6 Å². The van der Waals surface area contributed by atoms with Crippen LogP contribution in [-0.2, 0) is 6.42 Å². The summed E-state index contributed by atoms with van der Waals surface area (Å²) in [6, 6.07) is 14.3. The highest BCUT2D eigenvalue weighted by Gasteiger charge is 2.01. The van der Waals surface area contributed by atoms with Crippen molar-refractivity contribution in [2.75, 3.05) is 17.6 Å². The van der Waals surface area contributed by atoms with Gasteiger partial charge in [0, 0.05) is 22.9 Å². The van der Waals surface area contributed by atoms with E-state index < -0.39 is 0 Å². The van der Waals surface area contributed by atoms with Crippen LogP contribution in [0.2, 0.25) is 5.02 Å². The highest BCUT2D eigenvalue weighted by molar-refractivity contribution is 6.30. The van der Waals surface area contributed by atoms with Gasteiger partial charge in [0.25, 0.3) is 0 Å². The van der Waals surface area contributed by atoms with Crippen LogP contribution in [0.1, 0.15) is 5.56 Å². The Morgan fingerprint density at radius 1 is 1.15 bits per heavy atom. The van der Waals surface area contributed by atoms with E-state index in [4.69, 9.17) is 17.3 Å². The summed E-state index contributed by atoms with van der Waals surface area (Å²) in [4.78, 5) is 11.7. The molecular formula is C15H16ClN3O. The quantitative estimate of drug-likeness (QED) is 0.756. The zero-order chi connectivity index (χ0) is 14.4. The second-order valence-corrected chi connectivity index (χ2v) is 4.82. The first-order valence-electron chi connectivity index (χ1n) is 6.28. The number of amides is 2. The SMILES string of the molecule is Nc1ccc(NC(=O)NCCc2cccc(Cl)c2)cc1. The van der Waals surface area contributed by atoms with Crippen LogP contribution in [0.3, 0.4) is 0 Å². The number of nitrogens with two attached hydrogens (primary N) is 1. The smallest absolute Gasteiger partial charge is 0.319 e. The van der Waals surface area contributed by atoms with E-state index in [0.717, 1.165) is 12.0 Å². The first-order chi connectivity index (χ1) is 9.63. The maximum Gasteiger partial charge on any atom is 0.319 e. The van der Waals surface area contributed by atoms with E-state index in [2.05, 4.69) is 10.6 Å². The number of nitrogen functional groups attached to an aromatic ring is 1. The van der Waals surface area contributed by atoms with Gasteiger partial charge >= 0.3 is 6.03 Å². The molecule has 0 aromatic heterocycles. The van der Waals surface area contributed by atoms with Gasteiger partial charge in [0.05, 0.1) is 0 Å². The summed E-state index contributed by atoms with van der Waals surface area (Å²) >= 11 is 5.90. The fourth-order valence-electron chi connectivity index (χ4n) is 1.75. The van der Waals surface area contributed by atoms with Crippen LogP contribution in [0, 0.1) is 0 Å². The molecule has 2 aromatic carbocycles. The molecule has 2 amide bonds. The fourth-order valence-corrected chi connectivity index (χ4v) is 1.97. The molecular weight excluding hydrogens is 274 g/mol. The van der Waals surface area contributed by atoms with Crippen LogP contribution in [0.5, 0.6) is 0 Å². The lowest BCUT2D eigenvalue weighted by Crippen LogP contribution is -2.30. The predicted molar refractivity (Wildman–Crippen MR) is 83.0 cm³/mol. The Hall–Kier alpha value is -2.20. The molecule has 0 fully saturated rings. The summed E-state index contributed by atoms with van der Waals surface area (Å²) in [7, 11) is 0. The van der Waals surface area contributed by atoms with Gasteiger partial charge in [0.1, 0.15) is 0 Å². The van der Waals surface area contributed by atoms with Crippen molar-refractivity contribution >= 4 is 29.0 Å². The minimum absolute atomic E-state index is 0.239. The number of rotatable bonds is 4. The molecule has 4 N–H and O–H groups in total. The zero-order valence-corrected chi connectivity index (χ0v) is 11.7. The molecule has 2 aromatic rings. The Bertz CT molecular complexity index is 584. The van der Waals surface area contributed by atoms with Gasteiger partial charge in [0.15, 0.2) is 0 Å². The van der Waals surface area contributed by atoms with E-state index in [-0.39, 0.29) is 6.03 Å². The normalized spacial score (nSPS) is 10.1. The molecule has 0 saturated carbocycles. The molecule has 0 aliphatic carbocycles. The van der Waals surface area contributed by atoms with E-state index in [0.29, 0.717) is 22.9 Å². The second-order valence-electron chi connectivity index (χ2n) is 4.38. The van der Waals surface area contributed by atoms with Crippen molar-refractivity contribution in [1.82, 2.24) is 5.32 Å². The minimum atomic E-state index is -0.239.